The molecule has 1 atom stereocenters. The number of nitrogens with two attached hydrogens (primary N) is 1. The maximum atomic E-state index is 11.1. The summed E-state index contributed by atoms with van der Waals surface area (Å²) < 4.78 is 5.01. The van der Waals surface area contributed by atoms with E-state index in [4.69, 9.17) is 10.5 Å². The molecule has 3 N–H and O–H groups in total. The van der Waals surface area contributed by atoms with E-state index in [9.17, 15) is 4.79 Å². The molecule has 0 aliphatic rings. The molecule has 1 rings (SSSR count). The number of carbonyl (C=O) groups is 1. The van der Waals surface area contributed by atoms with E-state index in [2.05, 4.69) is 4.84 Å². The number of carbonyl (C=O) groups excluding carboxylic acids is 1. The monoisotopic (exact) mass is 210 g/mol. The van der Waals surface area contributed by atoms with Gasteiger partial charge in [-0.2, -0.15) is 5.48 Å². The van der Waals surface area contributed by atoms with Crippen LogP contribution >= 0.6 is 0 Å². The van der Waals surface area contributed by atoms with E-state index < -0.39 is 6.09 Å². The topological polar surface area (TPSA) is 73.6 Å². The lowest BCUT2D eigenvalue weighted by Crippen LogP contribution is -2.28. The summed E-state index contributed by atoms with van der Waals surface area (Å²) >= 11 is 0. The number of hydroxylamine groups is 1. The van der Waals surface area contributed by atoms with Crippen molar-refractivity contribution in [2.75, 3.05) is 6.73 Å². The van der Waals surface area contributed by atoms with Crippen LogP contribution in [0.1, 0.15) is 18.6 Å². The zero-order valence-electron chi connectivity index (χ0n) is 8.47. The molecule has 0 aliphatic carbocycles. The molecule has 5 heteroatoms. The number of amides is 1. The molecule has 0 saturated heterocycles. The Balaban J connectivity index is 2.42. The molecule has 1 amide bonds. The second-order valence-corrected chi connectivity index (χ2v) is 2.87. The summed E-state index contributed by atoms with van der Waals surface area (Å²) in [5.41, 5.74) is 7.99. The first-order valence-corrected chi connectivity index (χ1v) is 4.57. The number of nitrogens with one attached hydrogen (secondary N) is 1. The minimum Gasteiger partial charge on any atom is -0.440 e. The first-order valence-electron chi connectivity index (χ1n) is 4.57. The van der Waals surface area contributed by atoms with Crippen molar-refractivity contribution in [2.45, 2.75) is 13.0 Å². The van der Waals surface area contributed by atoms with Crippen LogP contribution in [0.3, 0.4) is 0 Å². The van der Waals surface area contributed by atoms with Crippen LogP contribution in [0, 0.1) is 0 Å². The second-order valence-electron chi connectivity index (χ2n) is 2.87. The SMILES string of the molecule is C[C@H](OC(=O)NOCN)c1ccccc1. The third-order valence-corrected chi connectivity index (χ3v) is 1.79. The highest BCUT2D eigenvalue weighted by Crippen LogP contribution is 2.15. The molecule has 1 aromatic carbocycles. The van der Waals surface area contributed by atoms with E-state index in [-0.39, 0.29) is 12.8 Å². The third kappa shape index (κ3) is 3.97. The normalized spacial score (nSPS) is 11.9. The average Bonchev–Trinajstić information content (AvgIpc) is 2.27. The van der Waals surface area contributed by atoms with Crippen molar-refractivity contribution in [1.82, 2.24) is 5.48 Å². The molecule has 15 heavy (non-hydrogen) atoms. The van der Waals surface area contributed by atoms with Crippen molar-refractivity contribution in [1.29, 1.82) is 0 Å². The third-order valence-electron chi connectivity index (χ3n) is 1.79. The molecule has 0 unspecified atom stereocenters. The molecule has 0 heterocycles. The Morgan fingerprint density at radius 3 is 2.73 bits per heavy atom. The molecule has 0 saturated carbocycles. The number of hydrogen-bond donors (Lipinski definition) is 2. The highest BCUT2D eigenvalue weighted by Gasteiger charge is 2.10. The molecular formula is C10H14N2O3. The Morgan fingerprint density at radius 2 is 2.13 bits per heavy atom. The van der Waals surface area contributed by atoms with Crippen molar-refractivity contribution in [3.05, 3.63) is 35.9 Å². The lowest BCUT2D eigenvalue weighted by atomic mass is 10.1. The van der Waals surface area contributed by atoms with Crippen LogP contribution in [0.2, 0.25) is 0 Å². The highest BCUT2D eigenvalue weighted by molar-refractivity contribution is 5.66. The standard InChI is InChI=1S/C10H14N2O3/c1-8(9-5-3-2-4-6-9)15-10(13)12-14-7-11/h2-6,8H,7,11H2,1H3,(H,12,13)/t8-/m0/s1. The van der Waals surface area contributed by atoms with Gasteiger partial charge in [0.25, 0.3) is 0 Å². The van der Waals surface area contributed by atoms with Crippen LogP contribution in [0.25, 0.3) is 0 Å². The van der Waals surface area contributed by atoms with Crippen LogP contribution in [-0.4, -0.2) is 12.8 Å². The van der Waals surface area contributed by atoms with Crippen molar-refractivity contribution >= 4 is 6.09 Å². The van der Waals surface area contributed by atoms with Crippen molar-refractivity contribution in [2.24, 2.45) is 5.73 Å². The summed E-state index contributed by atoms with van der Waals surface area (Å²) in [6, 6.07) is 9.41. The quantitative estimate of drug-likeness (QED) is 0.580. The molecule has 82 valence electrons. The van der Waals surface area contributed by atoms with Gasteiger partial charge in [0.2, 0.25) is 0 Å². The molecule has 5 nitrogen and oxygen atoms in total. The predicted octanol–water partition coefficient (Wildman–Crippen LogP) is 1.32. The van der Waals surface area contributed by atoms with Crippen LogP contribution in [-0.2, 0) is 9.57 Å². The minimum absolute atomic E-state index is 0.0885. The van der Waals surface area contributed by atoms with Crippen molar-refractivity contribution in [3.63, 3.8) is 0 Å². The number of rotatable bonds is 4. The Kier molecular flexibility index (Phi) is 4.59. The second kappa shape index (κ2) is 6.00. The van der Waals surface area contributed by atoms with Gasteiger partial charge in [0, 0.05) is 0 Å². The Labute approximate surface area is 88.1 Å². The van der Waals surface area contributed by atoms with Gasteiger partial charge in [-0.05, 0) is 12.5 Å². The van der Waals surface area contributed by atoms with Gasteiger partial charge in [0.05, 0.1) is 0 Å². The molecule has 0 spiro atoms. The van der Waals surface area contributed by atoms with Crippen LogP contribution in [0.15, 0.2) is 30.3 Å². The fraction of sp³-hybridized carbons (Fsp3) is 0.300. The summed E-state index contributed by atoms with van der Waals surface area (Å²) in [5, 5.41) is 0. The Bertz CT molecular complexity index is 303. The first kappa shape index (κ1) is 11.5. The lowest BCUT2D eigenvalue weighted by Gasteiger charge is -2.13. The van der Waals surface area contributed by atoms with Crippen LogP contribution < -0.4 is 11.2 Å². The van der Waals surface area contributed by atoms with Gasteiger partial charge >= 0.3 is 6.09 Å². The first-order chi connectivity index (χ1) is 7.24. The van der Waals surface area contributed by atoms with Crippen LogP contribution in [0.5, 0.6) is 0 Å². The maximum Gasteiger partial charge on any atom is 0.431 e. The van der Waals surface area contributed by atoms with E-state index in [0.717, 1.165) is 5.56 Å². The molecular weight excluding hydrogens is 196 g/mol. The van der Waals surface area contributed by atoms with E-state index in [1.807, 2.05) is 35.8 Å². The van der Waals surface area contributed by atoms with Gasteiger partial charge in [-0.25, -0.2) is 4.79 Å². The summed E-state index contributed by atoms with van der Waals surface area (Å²) in [7, 11) is 0. The van der Waals surface area contributed by atoms with Crippen molar-refractivity contribution < 1.29 is 14.4 Å². The summed E-state index contributed by atoms with van der Waals surface area (Å²) in [4.78, 5) is 15.6. The van der Waals surface area contributed by atoms with Crippen molar-refractivity contribution in [3.8, 4) is 0 Å². The molecule has 1 aromatic rings. The predicted molar refractivity (Wildman–Crippen MR) is 54.6 cm³/mol. The van der Waals surface area contributed by atoms with Crippen LogP contribution in [0.4, 0.5) is 4.79 Å². The smallest absolute Gasteiger partial charge is 0.431 e. The highest BCUT2D eigenvalue weighted by atomic mass is 16.7. The Morgan fingerprint density at radius 1 is 1.47 bits per heavy atom. The maximum absolute atomic E-state index is 11.1. The van der Waals surface area contributed by atoms with Gasteiger partial charge in [-0.15, -0.1) is 0 Å². The largest absolute Gasteiger partial charge is 0.440 e. The molecule has 0 bridgehead atoms. The fourth-order valence-corrected chi connectivity index (χ4v) is 1.08. The van der Waals surface area contributed by atoms with E-state index in [1.54, 1.807) is 6.92 Å². The summed E-state index contributed by atoms with van der Waals surface area (Å²) in [6.45, 7) is 1.69. The van der Waals surface area contributed by atoms with Gasteiger partial charge in [0.1, 0.15) is 12.8 Å². The molecule has 0 aliphatic heterocycles. The number of hydrogen-bond acceptors (Lipinski definition) is 4. The summed E-state index contributed by atoms with van der Waals surface area (Å²) in [6.07, 6.45) is -0.982. The lowest BCUT2D eigenvalue weighted by molar-refractivity contribution is 0.0172. The molecule has 0 aromatic heterocycles. The molecule has 0 radical (unpaired) electrons. The fourth-order valence-electron chi connectivity index (χ4n) is 1.08. The van der Waals surface area contributed by atoms with Gasteiger partial charge in [0.15, 0.2) is 0 Å². The zero-order chi connectivity index (χ0) is 11.1. The zero-order valence-corrected chi connectivity index (χ0v) is 8.47. The van der Waals surface area contributed by atoms with Gasteiger partial charge < -0.3 is 10.5 Å². The minimum atomic E-state index is -0.656. The molecule has 0 fully saturated rings. The summed E-state index contributed by atoms with van der Waals surface area (Å²) in [5.74, 6) is 0. The Hall–Kier alpha value is -1.59. The van der Waals surface area contributed by atoms with Gasteiger partial charge in [-0.1, -0.05) is 30.3 Å². The van der Waals surface area contributed by atoms with E-state index in [1.165, 1.54) is 0 Å². The van der Waals surface area contributed by atoms with E-state index in [0.29, 0.717) is 0 Å². The number of ether oxygens (including phenoxy) is 1. The average molecular weight is 210 g/mol. The number of benzene rings is 1. The van der Waals surface area contributed by atoms with E-state index >= 15 is 0 Å². The van der Waals surface area contributed by atoms with Gasteiger partial charge in [-0.3, -0.25) is 4.84 Å².